The molecule has 2 bridgehead atoms. The molecule has 1 saturated heterocycles. The fourth-order valence-corrected chi connectivity index (χ4v) is 1.54. The Bertz CT molecular complexity index is 87.2. The Morgan fingerprint density at radius 3 is 2.33 bits per heavy atom. The molecule has 1 radical (unpaired) electrons. The Morgan fingerprint density at radius 2 is 1.78 bits per heavy atom. The lowest BCUT2D eigenvalue weighted by atomic mass is 9.92. The largest absolute Gasteiger partial charge is 0.488 e. The molecule has 0 amide bonds. The van der Waals surface area contributed by atoms with Gasteiger partial charge in [-0.3, -0.25) is 0 Å². The SMILES string of the molecule is [B]1OC2CCCC(C2)O1. The summed E-state index contributed by atoms with van der Waals surface area (Å²) in [6.45, 7) is 0. The minimum Gasteiger partial charge on any atom is -0.410 e. The highest BCUT2D eigenvalue weighted by Crippen LogP contribution is 2.26. The first-order valence-electron chi connectivity index (χ1n) is 3.58. The monoisotopic (exact) mass is 125 g/mol. The van der Waals surface area contributed by atoms with Crippen molar-refractivity contribution in [2.75, 3.05) is 0 Å². The first-order chi connectivity index (χ1) is 4.45. The number of hydrogen-bond donors (Lipinski definition) is 0. The van der Waals surface area contributed by atoms with Crippen molar-refractivity contribution < 1.29 is 9.31 Å². The second-order valence-electron chi connectivity index (χ2n) is 2.78. The van der Waals surface area contributed by atoms with Gasteiger partial charge in [0.2, 0.25) is 0 Å². The third-order valence-electron chi connectivity index (χ3n) is 2.07. The van der Waals surface area contributed by atoms with Crippen molar-refractivity contribution >= 4 is 7.69 Å². The maximum absolute atomic E-state index is 5.20. The second-order valence-corrected chi connectivity index (χ2v) is 2.78. The van der Waals surface area contributed by atoms with Crippen LogP contribution in [0.3, 0.4) is 0 Å². The molecule has 1 heterocycles. The summed E-state index contributed by atoms with van der Waals surface area (Å²) in [4.78, 5) is 0. The van der Waals surface area contributed by atoms with Gasteiger partial charge in [-0.2, -0.15) is 0 Å². The van der Waals surface area contributed by atoms with E-state index in [1.165, 1.54) is 26.9 Å². The van der Waals surface area contributed by atoms with Gasteiger partial charge in [-0.25, -0.2) is 0 Å². The fraction of sp³-hybridized carbons (Fsp3) is 1.00. The Kier molecular flexibility index (Phi) is 1.48. The molecule has 2 rings (SSSR count). The first-order valence-corrected chi connectivity index (χ1v) is 3.58. The van der Waals surface area contributed by atoms with Crippen LogP contribution in [-0.4, -0.2) is 19.9 Å². The van der Waals surface area contributed by atoms with E-state index in [0.29, 0.717) is 12.2 Å². The first kappa shape index (κ1) is 5.75. The molecule has 2 atom stereocenters. The van der Waals surface area contributed by atoms with Crippen LogP contribution in [0.4, 0.5) is 0 Å². The van der Waals surface area contributed by atoms with Crippen LogP contribution < -0.4 is 0 Å². The van der Waals surface area contributed by atoms with Crippen LogP contribution in [0.25, 0.3) is 0 Å². The summed E-state index contributed by atoms with van der Waals surface area (Å²) in [6, 6.07) is 0. The predicted molar refractivity (Wildman–Crippen MR) is 34.0 cm³/mol. The van der Waals surface area contributed by atoms with Crippen molar-refractivity contribution in [1.29, 1.82) is 0 Å². The van der Waals surface area contributed by atoms with E-state index in [-0.39, 0.29) is 0 Å². The summed E-state index contributed by atoms with van der Waals surface area (Å²) in [6.07, 6.45) is 5.75. The fourth-order valence-electron chi connectivity index (χ4n) is 1.54. The summed E-state index contributed by atoms with van der Waals surface area (Å²) in [5, 5.41) is 0. The van der Waals surface area contributed by atoms with Crippen molar-refractivity contribution in [1.82, 2.24) is 0 Å². The van der Waals surface area contributed by atoms with Crippen LogP contribution in [-0.2, 0) is 9.31 Å². The lowest BCUT2D eigenvalue weighted by Gasteiger charge is -2.33. The molecule has 1 aliphatic heterocycles. The molecule has 0 N–H and O–H groups in total. The lowest BCUT2D eigenvalue weighted by Crippen LogP contribution is -2.36. The van der Waals surface area contributed by atoms with E-state index in [0.717, 1.165) is 6.42 Å². The lowest BCUT2D eigenvalue weighted by molar-refractivity contribution is -0.00159. The van der Waals surface area contributed by atoms with E-state index in [9.17, 15) is 0 Å². The highest BCUT2D eigenvalue weighted by Gasteiger charge is 2.27. The summed E-state index contributed by atoms with van der Waals surface area (Å²) in [5.41, 5.74) is 0. The maximum atomic E-state index is 5.20. The van der Waals surface area contributed by atoms with E-state index >= 15 is 0 Å². The van der Waals surface area contributed by atoms with Gasteiger partial charge in [0.05, 0.1) is 0 Å². The molecule has 9 heavy (non-hydrogen) atoms. The van der Waals surface area contributed by atoms with Gasteiger partial charge < -0.3 is 9.31 Å². The molecule has 0 aromatic rings. The summed E-state index contributed by atoms with van der Waals surface area (Å²) >= 11 is 0. The molecule has 0 spiro atoms. The minimum absolute atomic E-state index is 0.470. The van der Waals surface area contributed by atoms with Crippen LogP contribution in [0, 0.1) is 0 Å². The van der Waals surface area contributed by atoms with E-state index in [1.54, 1.807) is 0 Å². The Hall–Kier alpha value is -0.0151. The maximum Gasteiger partial charge on any atom is 0.488 e. The summed E-state index contributed by atoms with van der Waals surface area (Å²) < 4.78 is 10.4. The van der Waals surface area contributed by atoms with E-state index in [4.69, 9.17) is 9.31 Å². The molecular formula is C6H10BO2. The van der Waals surface area contributed by atoms with Crippen molar-refractivity contribution in [2.45, 2.75) is 37.9 Å². The number of hydrogen-bond acceptors (Lipinski definition) is 2. The highest BCUT2D eigenvalue weighted by atomic mass is 16.6. The second kappa shape index (κ2) is 2.31. The predicted octanol–water partition coefficient (Wildman–Crippen LogP) is 0.879. The van der Waals surface area contributed by atoms with Gasteiger partial charge in [0.25, 0.3) is 0 Å². The minimum atomic E-state index is 0.470. The molecule has 2 unspecified atom stereocenters. The molecule has 2 aliphatic rings. The molecule has 1 saturated carbocycles. The van der Waals surface area contributed by atoms with Gasteiger partial charge in [0.15, 0.2) is 0 Å². The zero-order valence-electron chi connectivity index (χ0n) is 5.38. The number of fused-ring (bicyclic) bond motifs is 2. The Morgan fingerprint density at radius 1 is 1.11 bits per heavy atom. The zero-order chi connectivity index (χ0) is 6.10. The average Bonchev–Trinajstić information content (AvgIpc) is 1.88. The molecule has 2 nitrogen and oxygen atoms in total. The smallest absolute Gasteiger partial charge is 0.410 e. The van der Waals surface area contributed by atoms with Crippen LogP contribution in [0.1, 0.15) is 25.7 Å². The van der Waals surface area contributed by atoms with E-state index in [2.05, 4.69) is 0 Å². The number of rotatable bonds is 0. The Labute approximate surface area is 55.8 Å². The van der Waals surface area contributed by atoms with Crippen molar-refractivity contribution in [3.8, 4) is 0 Å². The Balaban J connectivity index is 1.96. The molecule has 2 fully saturated rings. The van der Waals surface area contributed by atoms with Gasteiger partial charge >= 0.3 is 7.69 Å². The zero-order valence-corrected chi connectivity index (χ0v) is 5.38. The standard InChI is InChI=1S/C6H10BO2/c1-2-5-4-6(3-1)9-7-8-5/h5-6H,1-4H2. The van der Waals surface area contributed by atoms with Crippen LogP contribution >= 0.6 is 0 Å². The normalized spacial score (nSPS) is 41.8. The molecular weight excluding hydrogens is 115 g/mol. The molecule has 49 valence electrons. The molecule has 0 aromatic carbocycles. The van der Waals surface area contributed by atoms with Gasteiger partial charge in [-0.15, -0.1) is 0 Å². The highest BCUT2D eigenvalue weighted by molar-refractivity contribution is 6.18. The van der Waals surface area contributed by atoms with Crippen LogP contribution in [0.2, 0.25) is 0 Å². The summed E-state index contributed by atoms with van der Waals surface area (Å²) in [5.74, 6) is 0. The van der Waals surface area contributed by atoms with Crippen molar-refractivity contribution in [3.63, 3.8) is 0 Å². The molecule has 1 aliphatic carbocycles. The van der Waals surface area contributed by atoms with Crippen LogP contribution in [0.15, 0.2) is 0 Å². The quantitative estimate of drug-likeness (QED) is 0.447. The average molecular weight is 125 g/mol. The van der Waals surface area contributed by atoms with Crippen molar-refractivity contribution in [3.05, 3.63) is 0 Å². The van der Waals surface area contributed by atoms with Gasteiger partial charge in [0, 0.05) is 12.2 Å². The summed E-state index contributed by atoms with van der Waals surface area (Å²) in [7, 11) is 1.51. The van der Waals surface area contributed by atoms with Crippen molar-refractivity contribution in [2.24, 2.45) is 0 Å². The van der Waals surface area contributed by atoms with Gasteiger partial charge in [0.1, 0.15) is 0 Å². The molecule has 3 heteroatoms. The molecule has 0 aromatic heterocycles. The van der Waals surface area contributed by atoms with E-state index < -0.39 is 0 Å². The third kappa shape index (κ3) is 1.12. The third-order valence-corrected chi connectivity index (χ3v) is 2.07. The topological polar surface area (TPSA) is 18.5 Å². The van der Waals surface area contributed by atoms with Crippen LogP contribution in [0.5, 0.6) is 0 Å². The van der Waals surface area contributed by atoms with E-state index in [1.807, 2.05) is 0 Å². The van der Waals surface area contributed by atoms with Gasteiger partial charge in [-0.1, -0.05) is 0 Å². The van der Waals surface area contributed by atoms with Gasteiger partial charge in [-0.05, 0) is 25.7 Å².